The largest absolute Gasteiger partial charge is 0.490 e. The molecule has 7 heteroatoms. The lowest BCUT2D eigenvalue weighted by atomic mass is 10.3. The standard InChI is InChI=1S/C9H11N5O2/c1-5-7(16-3)9(15)12-8(11-5)6-4-10-14(2)13-6/h4H,1-3H3,(H,11,12,15). The first-order valence-corrected chi connectivity index (χ1v) is 4.63. The molecule has 2 aromatic rings. The van der Waals surface area contributed by atoms with Crippen LogP contribution in [-0.2, 0) is 7.05 Å². The molecule has 0 radical (unpaired) electrons. The highest BCUT2D eigenvalue weighted by Gasteiger charge is 2.11. The number of rotatable bonds is 2. The SMILES string of the molecule is COc1c(C)nc(-c2cnn(C)n2)[nH]c1=O. The Labute approximate surface area is 91.1 Å². The molecule has 0 atom stereocenters. The summed E-state index contributed by atoms with van der Waals surface area (Å²) in [6, 6.07) is 0. The van der Waals surface area contributed by atoms with Crippen LogP contribution in [0.25, 0.3) is 11.5 Å². The Balaban J connectivity index is 2.56. The summed E-state index contributed by atoms with van der Waals surface area (Å²) in [5.74, 6) is 0.601. The van der Waals surface area contributed by atoms with Gasteiger partial charge in [0.1, 0.15) is 5.69 Å². The van der Waals surface area contributed by atoms with E-state index in [9.17, 15) is 4.79 Å². The van der Waals surface area contributed by atoms with Crippen molar-refractivity contribution < 1.29 is 4.74 Å². The van der Waals surface area contributed by atoms with Gasteiger partial charge in [-0.3, -0.25) is 4.79 Å². The molecule has 2 heterocycles. The summed E-state index contributed by atoms with van der Waals surface area (Å²) in [7, 11) is 3.12. The van der Waals surface area contributed by atoms with Crippen LogP contribution in [0.2, 0.25) is 0 Å². The molecule has 84 valence electrons. The average Bonchev–Trinajstić information content (AvgIpc) is 2.64. The van der Waals surface area contributed by atoms with Crippen molar-refractivity contribution in [3.63, 3.8) is 0 Å². The van der Waals surface area contributed by atoms with Crippen LogP contribution < -0.4 is 10.3 Å². The van der Waals surface area contributed by atoms with Crippen LogP contribution in [0.4, 0.5) is 0 Å². The molecule has 16 heavy (non-hydrogen) atoms. The summed E-state index contributed by atoms with van der Waals surface area (Å²) in [6.07, 6.45) is 1.53. The second-order valence-electron chi connectivity index (χ2n) is 3.25. The van der Waals surface area contributed by atoms with Gasteiger partial charge in [-0.15, -0.1) is 0 Å². The van der Waals surface area contributed by atoms with Gasteiger partial charge >= 0.3 is 0 Å². The first kappa shape index (κ1) is 10.3. The van der Waals surface area contributed by atoms with E-state index < -0.39 is 0 Å². The highest BCUT2D eigenvalue weighted by molar-refractivity contribution is 5.47. The van der Waals surface area contributed by atoms with E-state index in [1.54, 1.807) is 14.0 Å². The molecule has 0 aliphatic carbocycles. The number of hydrogen-bond donors (Lipinski definition) is 1. The smallest absolute Gasteiger partial charge is 0.293 e. The monoisotopic (exact) mass is 221 g/mol. The van der Waals surface area contributed by atoms with E-state index in [1.807, 2.05) is 0 Å². The fourth-order valence-corrected chi connectivity index (χ4v) is 1.39. The Morgan fingerprint density at radius 2 is 2.25 bits per heavy atom. The minimum atomic E-state index is -0.323. The summed E-state index contributed by atoms with van der Waals surface area (Å²) in [4.78, 5) is 19.8. The molecule has 0 aliphatic rings. The summed E-state index contributed by atoms with van der Waals surface area (Å²) in [5, 5.41) is 7.96. The maximum absolute atomic E-state index is 11.6. The number of nitrogens with zero attached hydrogens (tertiary/aromatic N) is 4. The fourth-order valence-electron chi connectivity index (χ4n) is 1.39. The van der Waals surface area contributed by atoms with Crippen molar-refractivity contribution in [2.45, 2.75) is 6.92 Å². The number of hydrogen-bond acceptors (Lipinski definition) is 5. The van der Waals surface area contributed by atoms with Crippen molar-refractivity contribution in [3.8, 4) is 17.3 Å². The zero-order valence-corrected chi connectivity index (χ0v) is 9.18. The minimum Gasteiger partial charge on any atom is -0.490 e. The molecule has 2 rings (SSSR count). The number of methoxy groups -OCH3 is 1. The second kappa shape index (κ2) is 3.76. The van der Waals surface area contributed by atoms with E-state index in [0.717, 1.165) is 0 Å². The van der Waals surface area contributed by atoms with E-state index in [4.69, 9.17) is 4.74 Å². The van der Waals surface area contributed by atoms with Crippen LogP contribution in [0, 0.1) is 6.92 Å². The van der Waals surface area contributed by atoms with Crippen LogP contribution >= 0.6 is 0 Å². The average molecular weight is 221 g/mol. The number of aromatic nitrogens is 5. The van der Waals surface area contributed by atoms with Gasteiger partial charge in [0.15, 0.2) is 5.82 Å². The van der Waals surface area contributed by atoms with Gasteiger partial charge in [-0.1, -0.05) is 0 Å². The molecule has 0 saturated carbocycles. The van der Waals surface area contributed by atoms with E-state index in [2.05, 4.69) is 20.2 Å². The Kier molecular flexibility index (Phi) is 2.43. The highest BCUT2D eigenvalue weighted by Crippen LogP contribution is 2.13. The molecule has 2 aromatic heterocycles. The van der Waals surface area contributed by atoms with E-state index in [-0.39, 0.29) is 11.3 Å². The molecule has 0 bridgehead atoms. The van der Waals surface area contributed by atoms with E-state index in [1.165, 1.54) is 18.1 Å². The Morgan fingerprint density at radius 1 is 1.50 bits per heavy atom. The van der Waals surface area contributed by atoms with Crippen LogP contribution in [-0.4, -0.2) is 32.1 Å². The van der Waals surface area contributed by atoms with Crippen molar-refractivity contribution in [3.05, 3.63) is 22.2 Å². The molecule has 0 saturated heterocycles. The van der Waals surface area contributed by atoms with Crippen LogP contribution in [0.1, 0.15) is 5.69 Å². The summed E-state index contributed by atoms with van der Waals surface area (Å²) < 4.78 is 4.92. The molecule has 0 fully saturated rings. The third-order valence-electron chi connectivity index (χ3n) is 2.09. The number of ether oxygens (including phenoxy) is 1. The predicted molar refractivity (Wildman–Crippen MR) is 56.1 cm³/mol. The zero-order chi connectivity index (χ0) is 11.7. The normalized spacial score (nSPS) is 10.4. The van der Waals surface area contributed by atoms with Gasteiger partial charge in [0.05, 0.1) is 19.0 Å². The number of nitrogens with one attached hydrogen (secondary N) is 1. The lowest BCUT2D eigenvalue weighted by Gasteiger charge is -2.03. The molecule has 0 amide bonds. The van der Waals surface area contributed by atoms with Gasteiger partial charge in [0, 0.05) is 7.05 Å². The number of aryl methyl sites for hydroxylation is 2. The number of H-pyrrole nitrogens is 1. The molecule has 0 unspecified atom stereocenters. The zero-order valence-electron chi connectivity index (χ0n) is 9.18. The topological polar surface area (TPSA) is 85.7 Å². The van der Waals surface area contributed by atoms with Gasteiger partial charge in [-0.2, -0.15) is 15.0 Å². The minimum absolute atomic E-state index is 0.215. The predicted octanol–water partition coefficient (Wildman–Crippen LogP) is -0.118. The van der Waals surface area contributed by atoms with Crippen molar-refractivity contribution in [1.29, 1.82) is 0 Å². The van der Waals surface area contributed by atoms with Crippen LogP contribution in [0.3, 0.4) is 0 Å². The number of aromatic amines is 1. The van der Waals surface area contributed by atoms with E-state index in [0.29, 0.717) is 17.2 Å². The maximum Gasteiger partial charge on any atom is 0.293 e. The molecular formula is C9H11N5O2. The van der Waals surface area contributed by atoms with E-state index >= 15 is 0 Å². The molecular weight excluding hydrogens is 210 g/mol. The Bertz CT molecular complexity index is 572. The first-order valence-electron chi connectivity index (χ1n) is 4.63. The maximum atomic E-state index is 11.6. The Morgan fingerprint density at radius 3 is 2.75 bits per heavy atom. The van der Waals surface area contributed by atoms with Gasteiger partial charge in [0.2, 0.25) is 5.75 Å². The van der Waals surface area contributed by atoms with Crippen molar-refractivity contribution >= 4 is 0 Å². The molecule has 7 nitrogen and oxygen atoms in total. The third-order valence-corrected chi connectivity index (χ3v) is 2.09. The van der Waals surface area contributed by atoms with Crippen molar-refractivity contribution in [2.75, 3.05) is 7.11 Å². The summed E-state index contributed by atoms with van der Waals surface area (Å²) in [6.45, 7) is 1.70. The fraction of sp³-hybridized carbons (Fsp3) is 0.333. The quantitative estimate of drug-likeness (QED) is 0.764. The van der Waals surface area contributed by atoms with Crippen LogP contribution in [0.5, 0.6) is 5.75 Å². The molecule has 0 aliphatic heterocycles. The Hall–Kier alpha value is -2.18. The van der Waals surface area contributed by atoms with Gasteiger partial charge < -0.3 is 9.72 Å². The third kappa shape index (κ3) is 1.67. The van der Waals surface area contributed by atoms with Gasteiger partial charge in [-0.05, 0) is 6.92 Å². The lowest BCUT2D eigenvalue weighted by Crippen LogP contribution is -2.14. The van der Waals surface area contributed by atoms with Crippen LogP contribution in [0.15, 0.2) is 11.0 Å². The van der Waals surface area contributed by atoms with Gasteiger partial charge in [-0.25, -0.2) is 4.98 Å². The first-order chi connectivity index (χ1) is 7.61. The second-order valence-corrected chi connectivity index (χ2v) is 3.25. The molecule has 0 spiro atoms. The molecule has 0 aromatic carbocycles. The van der Waals surface area contributed by atoms with Crippen molar-refractivity contribution in [2.24, 2.45) is 7.05 Å². The van der Waals surface area contributed by atoms with Crippen molar-refractivity contribution in [1.82, 2.24) is 25.0 Å². The lowest BCUT2D eigenvalue weighted by molar-refractivity contribution is 0.402. The van der Waals surface area contributed by atoms with Gasteiger partial charge in [0.25, 0.3) is 5.56 Å². The summed E-state index contributed by atoms with van der Waals surface area (Å²) in [5.41, 5.74) is 0.716. The molecule has 1 N–H and O–H groups in total. The highest BCUT2D eigenvalue weighted by atomic mass is 16.5. The summed E-state index contributed by atoms with van der Waals surface area (Å²) >= 11 is 0.